The van der Waals surface area contributed by atoms with Gasteiger partial charge in [0.15, 0.2) is 0 Å². The van der Waals surface area contributed by atoms with Crippen molar-refractivity contribution in [3.05, 3.63) is 78.0 Å². The average molecular weight is 275 g/mol. The number of nitrogens with zero attached hydrogens (tertiary/aromatic N) is 2. The Kier molecular flexibility index (Phi) is 3.69. The quantitative estimate of drug-likeness (QED) is 0.590. The van der Waals surface area contributed by atoms with E-state index in [0.29, 0.717) is 5.56 Å². The van der Waals surface area contributed by atoms with Gasteiger partial charge in [-0.1, -0.05) is 42.5 Å². The lowest BCUT2D eigenvalue weighted by Crippen LogP contribution is -2.17. The molecule has 0 bridgehead atoms. The molecule has 0 aliphatic carbocycles. The first-order chi connectivity index (χ1) is 10.3. The molecule has 2 aromatic carbocycles. The summed E-state index contributed by atoms with van der Waals surface area (Å²) in [5.41, 5.74) is 4.81. The highest BCUT2D eigenvalue weighted by molar-refractivity contribution is 5.98. The summed E-state index contributed by atoms with van der Waals surface area (Å²) in [5, 5.41) is 5.04. The number of hydrogen-bond acceptors (Lipinski definition) is 3. The Labute approximate surface area is 122 Å². The van der Waals surface area contributed by atoms with Crippen LogP contribution in [0.15, 0.2) is 72.0 Å². The van der Waals surface area contributed by atoms with Crippen molar-refractivity contribution in [1.82, 2.24) is 10.4 Å². The number of hydrazone groups is 1. The molecule has 1 heterocycles. The van der Waals surface area contributed by atoms with Gasteiger partial charge in [0, 0.05) is 22.7 Å². The van der Waals surface area contributed by atoms with Gasteiger partial charge in [0.2, 0.25) is 0 Å². The number of carbonyl (C=O) groups is 1. The van der Waals surface area contributed by atoms with Crippen LogP contribution in [0.3, 0.4) is 0 Å². The zero-order chi connectivity index (χ0) is 14.5. The van der Waals surface area contributed by atoms with E-state index in [1.54, 1.807) is 24.5 Å². The Morgan fingerprint density at radius 1 is 1.00 bits per heavy atom. The van der Waals surface area contributed by atoms with Crippen LogP contribution in [0.1, 0.15) is 15.9 Å². The van der Waals surface area contributed by atoms with Gasteiger partial charge < -0.3 is 0 Å². The van der Waals surface area contributed by atoms with Crippen molar-refractivity contribution in [2.45, 2.75) is 0 Å². The molecule has 1 N–H and O–H groups in total. The van der Waals surface area contributed by atoms with Crippen molar-refractivity contribution in [2.75, 3.05) is 0 Å². The molecule has 0 saturated heterocycles. The Morgan fingerprint density at radius 3 is 2.67 bits per heavy atom. The highest BCUT2D eigenvalue weighted by atomic mass is 16.2. The molecule has 0 aliphatic heterocycles. The van der Waals surface area contributed by atoms with Gasteiger partial charge in [-0.3, -0.25) is 9.78 Å². The van der Waals surface area contributed by atoms with Gasteiger partial charge in [-0.15, -0.1) is 0 Å². The maximum absolute atomic E-state index is 11.9. The smallest absolute Gasteiger partial charge is 0.267 e. The van der Waals surface area contributed by atoms with E-state index in [4.69, 9.17) is 0 Å². The number of rotatable bonds is 3. The number of carbonyl (C=O) groups excluding carboxylic acids is 1. The minimum atomic E-state index is -0.236. The number of nitrogens with one attached hydrogen (secondary N) is 1. The van der Waals surface area contributed by atoms with Crippen molar-refractivity contribution in [2.24, 2.45) is 5.10 Å². The third-order valence-electron chi connectivity index (χ3n) is 3.07. The van der Waals surface area contributed by atoms with E-state index in [1.165, 1.54) is 0 Å². The highest BCUT2D eigenvalue weighted by Crippen LogP contribution is 2.13. The van der Waals surface area contributed by atoms with E-state index in [-0.39, 0.29) is 5.91 Å². The van der Waals surface area contributed by atoms with Crippen LogP contribution in [0.2, 0.25) is 0 Å². The van der Waals surface area contributed by atoms with E-state index in [0.717, 1.165) is 16.5 Å². The second kappa shape index (κ2) is 5.96. The molecule has 3 aromatic rings. The molecule has 0 fully saturated rings. The maximum atomic E-state index is 11.9. The maximum Gasteiger partial charge on any atom is 0.271 e. The van der Waals surface area contributed by atoms with Crippen LogP contribution < -0.4 is 5.43 Å². The average Bonchev–Trinajstić information content (AvgIpc) is 2.56. The van der Waals surface area contributed by atoms with Crippen LogP contribution >= 0.6 is 0 Å². The Hall–Kier alpha value is -3.01. The molecule has 21 heavy (non-hydrogen) atoms. The summed E-state index contributed by atoms with van der Waals surface area (Å²) in [4.78, 5) is 16.2. The number of pyridine rings is 1. The fourth-order valence-corrected chi connectivity index (χ4v) is 2.05. The van der Waals surface area contributed by atoms with Gasteiger partial charge >= 0.3 is 0 Å². The molecule has 102 valence electrons. The highest BCUT2D eigenvalue weighted by Gasteiger charge is 2.02. The van der Waals surface area contributed by atoms with Gasteiger partial charge in [-0.25, -0.2) is 5.43 Å². The minimum Gasteiger partial charge on any atom is -0.267 e. The minimum absolute atomic E-state index is 0.236. The molecule has 4 nitrogen and oxygen atoms in total. The summed E-state index contributed by atoms with van der Waals surface area (Å²) < 4.78 is 0. The first-order valence-corrected chi connectivity index (χ1v) is 6.57. The second-order valence-corrected chi connectivity index (χ2v) is 4.49. The lowest BCUT2D eigenvalue weighted by molar-refractivity contribution is 0.0955. The van der Waals surface area contributed by atoms with E-state index >= 15 is 0 Å². The van der Waals surface area contributed by atoms with Gasteiger partial charge in [-0.2, -0.15) is 5.10 Å². The standard InChI is InChI=1S/C17H13N3O/c21-17(14-6-2-1-3-7-14)20-19-12-15-9-4-8-13-10-5-11-18-16(13)15/h1-12H,(H,20,21). The lowest BCUT2D eigenvalue weighted by atomic mass is 10.1. The van der Waals surface area contributed by atoms with Crippen molar-refractivity contribution >= 4 is 23.0 Å². The molecule has 1 amide bonds. The zero-order valence-corrected chi connectivity index (χ0v) is 11.2. The SMILES string of the molecule is O=C(NN=Cc1cccc2cccnc12)c1ccccc1. The summed E-state index contributed by atoms with van der Waals surface area (Å²) in [6, 6.07) is 18.7. The third kappa shape index (κ3) is 2.95. The lowest BCUT2D eigenvalue weighted by Gasteiger charge is -2.01. The fourth-order valence-electron chi connectivity index (χ4n) is 2.05. The van der Waals surface area contributed by atoms with Crippen LogP contribution in [0.5, 0.6) is 0 Å². The van der Waals surface area contributed by atoms with Crippen molar-refractivity contribution < 1.29 is 4.79 Å². The first-order valence-electron chi connectivity index (χ1n) is 6.57. The first kappa shape index (κ1) is 13.0. The second-order valence-electron chi connectivity index (χ2n) is 4.49. The van der Waals surface area contributed by atoms with E-state index in [1.807, 2.05) is 48.5 Å². The summed E-state index contributed by atoms with van der Waals surface area (Å²) in [5.74, 6) is -0.236. The van der Waals surface area contributed by atoms with E-state index in [9.17, 15) is 4.79 Å². The largest absolute Gasteiger partial charge is 0.271 e. The number of amides is 1. The zero-order valence-electron chi connectivity index (χ0n) is 11.2. The molecule has 4 heteroatoms. The topological polar surface area (TPSA) is 54.4 Å². The summed E-state index contributed by atoms with van der Waals surface area (Å²) in [6.07, 6.45) is 3.35. The van der Waals surface area contributed by atoms with Gasteiger partial charge in [0.05, 0.1) is 11.7 Å². The van der Waals surface area contributed by atoms with Crippen LogP contribution in [0.4, 0.5) is 0 Å². The molecular weight excluding hydrogens is 262 g/mol. The number of hydrogen-bond donors (Lipinski definition) is 1. The normalized spacial score (nSPS) is 10.9. The molecule has 1 aromatic heterocycles. The molecule has 0 atom stereocenters. The Bertz CT molecular complexity index is 792. The van der Waals surface area contributed by atoms with Gasteiger partial charge in [-0.05, 0) is 18.2 Å². The van der Waals surface area contributed by atoms with Crippen molar-refractivity contribution in [3.63, 3.8) is 0 Å². The summed E-state index contributed by atoms with van der Waals surface area (Å²) in [7, 11) is 0. The van der Waals surface area contributed by atoms with Crippen LogP contribution in [0, 0.1) is 0 Å². The molecular formula is C17H13N3O. The molecule has 0 spiro atoms. The van der Waals surface area contributed by atoms with E-state index < -0.39 is 0 Å². The molecule has 0 unspecified atom stereocenters. The molecule has 0 aliphatic rings. The van der Waals surface area contributed by atoms with Gasteiger partial charge in [0.1, 0.15) is 0 Å². The van der Waals surface area contributed by atoms with Crippen molar-refractivity contribution in [3.8, 4) is 0 Å². The van der Waals surface area contributed by atoms with Crippen molar-refractivity contribution in [1.29, 1.82) is 0 Å². The molecule has 3 rings (SSSR count). The Morgan fingerprint density at radius 2 is 1.81 bits per heavy atom. The van der Waals surface area contributed by atoms with Gasteiger partial charge in [0.25, 0.3) is 5.91 Å². The predicted octanol–water partition coefficient (Wildman–Crippen LogP) is 3.00. The monoisotopic (exact) mass is 275 g/mol. The van der Waals surface area contributed by atoms with Crippen LogP contribution in [-0.2, 0) is 0 Å². The number of fused-ring (bicyclic) bond motifs is 1. The third-order valence-corrected chi connectivity index (χ3v) is 3.07. The van der Waals surface area contributed by atoms with Crippen LogP contribution in [0.25, 0.3) is 10.9 Å². The predicted molar refractivity (Wildman–Crippen MR) is 83.2 cm³/mol. The molecule has 0 saturated carbocycles. The van der Waals surface area contributed by atoms with Crippen LogP contribution in [-0.4, -0.2) is 17.1 Å². The Balaban J connectivity index is 1.78. The number of benzene rings is 2. The fraction of sp³-hybridized carbons (Fsp3) is 0. The summed E-state index contributed by atoms with van der Waals surface area (Å²) >= 11 is 0. The summed E-state index contributed by atoms with van der Waals surface area (Å²) in [6.45, 7) is 0. The number of aromatic nitrogens is 1. The number of para-hydroxylation sites is 1. The van der Waals surface area contributed by atoms with E-state index in [2.05, 4.69) is 15.5 Å². The molecule has 0 radical (unpaired) electrons.